The Kier molecular flexibility index (Phi) is 2.19. The van der Waals surface area contributed by atoms with Crippen LogP contribution >= 0.6 is 11.3 Å². The van der Waals surface area contributed by atoms with Crippen molar-refractivity contribution in [2.45, 2.75) is 19.3 Å². The minimum Gasteiger partial charge on any atom is -0.481 e. The molecule has 0 fully saturated rings. The number of carboxylic acid groups (broad SMARTS) is 1. The molecule has 2 nitrogen and oxygen atoms in total. The highest BCUT2D eigenvalue weighted by atomic mass is 32.1. The van der Waals surface area contributed by atoms with Crippen LogP contribution < -0.4 is 0 Å². The molecule has 0 aliphatic heterocycles. The molecule has 0 aromatic carbocycles. The van der Waals surface area contributed by atoms with Crippen LogP contribution in [0.15, 0.2) is 11.4 Å². The lowest BCUT2D eigenvalue weighted by molar-refractivity contribution is -0.142. The number of carbonyl (C=O) groups is 1. The third kappa shape index (κ3) is 1.34. The summed E-state index contributed by atoms with van der Waals surface area (Å²) in [7, 11) is 0. The molecule has 0 bridgehead atoms. The summed E-state index contributed by atoms with van der Waals surface area (Å²) in [6.45, 7) is 2.97. The first-order valence-corrected chi connectivity index (χ1v) is 4.31. The zero-order valence-electron chi connectivity index (χ0n) is 6.80. The van der Waals surface area contributed by atoms with Gasteiger partial charge in [0.1, 0.15) is 0 Å². The van der Waals surface area contributed by atoms with E-state index in [1.807, 2.05) is 0 Å². The lowest BCUT2D eigenvalue weighted by Gasteiger charge is -2.17. The summed E-state index contributed by atoms with van der Waals surface area (Å²) < 4.78 is 13.0. The van der Waals surface area contributed by atoms with Crippen LogP contribution in [0.2, 0.25) is 0 Å². The van der Waals surface area contributed by atoms with Crippen LogP contribution in [0.25, 0.3) is 0 Å². The fraction of sp³-hybridized carbons (Fsp3) is 0.375. The fourth-order valence-electron chi connectivity index (χ4n) is 0.860. The number of halogens is 1. The molecular weight excluding hydrogens is 179 g/mol. The molecule has 0 amide bonds. The standard InChI is InChI=1S/C8H9FO2S/c1-8(2,7(10)11)5-3-4-12-6(5)9/h3-4H,1-2H3,(H,10,11). The third-order valence-electron chi connectivity index (χ3n) is 1.83. The Labute approximate surface area is 73.7 Å². The van der Waals surface area contributed by atoms with Gasteiger partial charge in [0.05, 0.1) is 5.41 Å². The molecule has 0 saturated carbocycles. The van der Waals surface area contributed by atoms with E-state index in [2.05, 4.69) is 0 Å². The SMILES string of the molecule is CC(C)(C(=O)O)c1ccsc1F. The number of thiophene rings is 1. The first-order valence-electron chi connectivity index (χ1n) is 3.43. The lowest BCUT2D eigenvalue weighted by Crippen LogP contribution is -2.28. The number of rotatable bonds is 2. The Hall–Kier alpha value is -0.900. The van der Waals surface area contributed by atoms with Gasteiger partial charge >= 0.3 is 5.97 Å². The zero-order valence-corrected chi connectivity index (χ0v) is 7.61. The summed E-state index contributed by atoms with van der Waals surface area (Å²) in [6.07, 6.45) is 0. The normalized spacial score (nSPS) is 11.6. The Bertz CT molecular complexity index is 304. The predicted molar refractivity (Wildman–Crippen MR) is 44.9 cm³/mol. The molecule has 0 radical (unpaired) electrons. The Morgan fingerprint density at radius 2 is 2.25 bits per heavy atom. The van der Waals surface area contributed by atoms with Gasteiger partial charge in [0.15, 0.2) is 5.13 Å². The van der Waals surface area contributed by atoms with Crippen molar-refractivity contribution in [3.8, 4) is 0 Å². The molecule has 0 aliphatic rings. The summed E-state index contributed by atoms with van der Waals surface area (Å²) in [6, 6.07) is 1.51. The minimum atomic E-state index is -1.13. The molecule has 0 aliphatic carbocycles. The molecule has 4 heteroatoms. The second-order valence-corrected chi connectivity index (χ2v) is 3.90. The molecule has 1 N–H and O–H groups in total. The van der Waals surface area contributed by atoms with E-state index < -0.39 is 16.5 Å². The van der Waals surface area contributed by atoms with E-state index in [-0.39, 0.29) is 5.56 Å². The summed E-state index contributed by atoms with van der Waals surface area (Å²) in [5.74, 6) is -1.01. The van der Waals surface area contributed by atoms with E-state index in [4.69, 9.17) is 5.11 Å². The second-order valence-electron chi connectivity index (χ2n) is 3.04. The molecule has 0 saturated heterocycles. The van der Waals surface area contributed by atoms with Crippen LogP contribution in [0.1, 0.15) is 19.4 Å². The van der Waals surface area contributed by atoms with Gasteiger partial charge in [-0.3, -0.25) is 4.79 Å². The Morgan fingerprint density at radius 1 is 1.67 bits per heavy atom. The predicted octanol–water partition coefficient (Wildman–Crippen LogP) is 2.25. The van der Waals surface area contributed by atoms with Crippen LogP contribution in [0.4, 0.5) is 4.39 Å². The van der Waals surface area contributed by atoms with Gasteiger partial charge in [-0.2, -0.15) is 4.39 Å². The minimum absolute atomic E-state index is 0.250. The van der Waals surface area contributed by atoms with Crippen LogP contribution in [0.3, 0.4) is 0 Å². The van der Waals surface area contributed by atoms with Crippen molar-refractivity contribution in [3.63, 3.8) is 0 Å². The monoisotopic (exact) mass is 188 g/mol. The van der Waals surface area contributed by atoms with E-state index in [9.17, 15) is 9.18 Å². The summed E-state index contributed by atoms with van der Waals surface area (Å²) in [5, 5.41) is 9.91. The summed E-state index contributed by atoms with van der Waals surface area (Å²) >= 11 is 0.919. The number of carboxylic acids is 1. The lowest BCUT2D eigenvalue weighted by atomic mass is 9.87. The molecule has 1 aromatic heterocycles. The highest BCUT2D eigenvalue weighted by Gasteiger charge is 2.32. The van der Waals surface area contributed by atoms with Crippen molar-refractivity contribution in [2.75, 3.05) is 0 Å². The molecular formula is C8H9FO2S. The van der Waals surface area contributed by atoms with Crippen molar-refractivity contribution in [3.05, 3.63) is 22.1 Å². The van der Waals surface area contributed by atoms with Gasteiger partial charge in [0.2, 0.25) is 0 Å². The average molecular weight is 188 g/mol. The van der Waals surface area contributed by atoms with Gasteiger partial charge in [-0.05, 0) is 25.3 Å². The van der Waals surface area contributed by atoms with E-state index in [0.29, 0.717) is 0 Å². The second kappa shape index (κ2) is 2.86. The van der Waals surface area contributed by atoms with E-state index in [1.165, 1.54) is 19.9 Å². The van der Waals surface area contributed by atoms with Crippen molar-refractivity contribution in [1.29, 1.82) is 0 Å². The quantitative estimate of drug-likeness (QED) is 0.772. The van der Waals surface area contributed by atoms with Crippen molar-refractivity contribution in [2.24, 2.45) is 0 Å². The first-order chi connectivity index (χ1) is 5.46. The van der Waals surface area contributed by atoms with Gasteiger partial charge in [-0.15, -0.1) is 11.3 Å². The third-order valence-corrected chi connectivity index (χ3v) is 2.52. The van der Waals surface area contributed by atoms with Crippen LogP contribution in [-0.2, 0) is 10.2 Å². The molecule has 0 unspecified atom stereocenters. The fourth-order valence-corrected chi connectivity index (χ4v) is 1.63. The van der Waals surface area contributed by atoms with Gasteiger partial charge in [0, 0.05) is 5.56 Å². The molecule has 0 spiro atoms. The van der Waals surface area contributed by atoms with Gasteiger partial charge < -0.3 is 5.11 Å². The summed E-state index contributed by atoms with van der Waals surface area (Å²) in [4.78, 5) is 10.7. The van der Waals surface area contributed by atoms with E-state index in [0.717, 1.165) is 11.3 Å². The molecule has 1 rings (SSSR count). The molecule has 66 valence electrons. The molecule has 12 heavy (non-hydrogen) atoms. The summed E-state index contributed by atoms with van der Waals surface area (Å²) in [5.41, 5.74) is -0.885. The topological polar surface area (TPSA) is 37.3 Å². The van der Waals surface area contributed by atoms with E-state index >= 15 is 0 Å². The highest BCUT2D eigenvalue weighted by molar-refractivity contribution is 7.08. The number of aliphatic carboxylic acids is 1. The van der Waals surface area contributed by atoms with Gasteiger partial charge in [0.25, 0.3) is 0 Å². The van der Waals surface area contributed by atoms with Crippen molar-refractivity contribution >= 4 is 17.3 Å². The highest BCUT2D eigenvalue weighted by Crippen LogP contribution is 2.28. The maximum absolute atomic E-state index is 13.0. The largest absolute Gasteiger partial charge is 0.481 e. The zero-order chi connectivity index (χ0) is 9.35. The Balaban J connectivity index is 3.13. The number of hydrogen-bond acceptors (Lipinski definition) is 2. The Morgan fingerprint density at radius 3 is 2.58 bits per heavy atom. The smallest absolute Gasteiger partial charge is 0.313 e. The average Bonchev–Trinajstić information content (AvgIpc) is 2.35. The van der Waals surface area contributed by atoms with Crippen molar-refractivity contribution in [1.82, 2.24) is 0 Å². The van der Waals surface area contributed by atoms with Crippen LogP contribution in [0.5, 0.6) is 0 Å². The van der Waals surface area contributed by atoms with Crippen molar-refractivity contribution < 1.29 is 14.3 Å². The molecule has 0 atom stereocenters. The van der Waals surface area contributed by atoms with Crippen LogP contribution in [0, 0.1) is 5.13 Å². The first kappa shape index (κ1) is 9.19. The van der Waals surface area contributed by atoms with E-state index in [1.54, 1.807) is 5.38 Å². The van der Waals surface area contributed by atoms with Gasteiger partial charge in [-0.25, -0.2) is 0 Å². The molecule has 1 heterocycles. The van der Waals surface area contributed by atoms with Gasteiger partial charge in [-0.1, -0.05) is 0 Å². The van der Waals surface area contributed by atoms with Crippen LogP contribution in [-0.4, -0.2) is 11.1 Å². The number of hydrogen-bond donors (Lipinski definition) is 1. The molecule has 1 aromatic rings. The maximum Gasteiger partial charge on any atom is 0.313 e. The maximum atomic E-state index is 13.0.